The second-order valence-electron chi connectivity index (χ2n) is 3.96. The van der Waals surface area contributed by atoms with Crippen molar-refractivity contribution in [3.05, 3.63) is 55.6 Å². The Morgan fingerprint density at radius 3 is 2.84 bits per heavy atom. The Hall–Kier alpha value is -1.02. The summed E-state index contributed by atoms with van der Waals surface area (Å²) in [5.74, 6) is -0.132. The predicted octanol–water partition coefficient (Wildman–Crippen LogP) is 3.08. The molecule has 1 N–H and O–H groups in total. The highest BCUT2D eigenvalue weighted by Crippen LogP contribution is 2.19. The van der Waals surface area contributed by atoms with Crippen LogP contribution in [0.1, 0.15) is 21.7 Å². The van der Waals surface area contributed by atoms with Crippen LogP contribution in [0.2, 0.25) is 0 Å². The zero-order chi connectivity index (χ0) is 13.8. The average molecular weight is 432 g/mol. The summed E-state index contributed by atoms with van der Waals surface area (Å²) in [5.41, 5.74) is 2.21. The molecular formula is C13H11BrIN3O. The van der Waals surface area contributed by atoms with Crippen LogP contribution < -0.4 is 5.32 Å². The van der Waals surface area contributed by atoms with Crippen LogP contribution in [0.4, 0.5) is 0 Å². The van der Waals surface area contributed by atoms with Crippen LogP contribution in [-0.2, 0) is 6.54 Å². The summed E-state index contributed by atoms with van der Waals surface area (Å²) >= 11 is 5.55. The minimum atomic E-state index is -0.132. The van der Waals surface area contributed by atoms with Crippen LogP contribution >= 0.6 is 38.5 Å². The monoisotopic (exact) mass is 431 g/mol. The molecule has 0 bridgehead atoms. The van der Waals surface area contributed by atoms with Gasteiger partial charge in [0, 0.05) is 14.2 Å². The second-order valence-corrected chi connectivity index (χ2v) is 6.06. The molecule has 0 fully saturated rings. The lowest BCUT2D eigenvalue weighted by Crippen LogP contribution is -2.23. The number of hydrogen-bond donors (Lipinski definition) is 1. The smallest absolute Gasteiger partial charge is 0.252 e. The number of carbonyl (C=O) groups is 1. The molecule has 0 saturated carbocycles. The number of nitrogens with one attached hydrogen (secondary N) is 1. The molecule has 4 nitrogen and oxygen atoms in total. The number of aryl methyl sites for hydroxylation is 1. The molecule has 2 aromatic rings. The van der Waals surface area contributed by atoms with E-state index in [-0.39, 0.29) is 5.91 Å². The van der Waals surface area contributed by atoms with Gasteiger partial charge in [-0.25, -0.2) is 0 Å². The van der Waals surface area contributed by atoms with Gasteiger partial charge in [0.15, 0.2) is 0 Å². The molecule has 0 unspecified atom stereocenters. The number of hydrogen-bond acceptors (Lipinski definition) is 3. The summed E-state index contributed by atoms with van der Waals surface area (Å²) in [6.07, 6.45) is 3.35. The highest BCUT2D eigenvalue weighted by molar-refractivity contribution is 14.1. The Balaban J connectivity index is 2.05. The van der Waals surface area contributed by atoms with Gasteiger partial charge in [-0.15, -0.1) is 0 Å². The van der Waals surface area contributed by atoms with E-state index in [2.05, 4.69) is 53.8 Å². The lowest BCUT2D eigenvalue weighted by molar-refractivity contribution is 0.0949. The molecule has 19 heavy (non-hydrogen) atoms. The van der Waals surface area contributed by atoms with Gasteiger partial charge in [-0.2, -0.15) is 0 Å². The normalized spacial score (nSPS) is 10.3. The standard InChI is InChI=1S/C13H11BrIN3O/c1-8-5-17-10(6-16-8)7-18-13(19)11-4-9(15)2-3-12(11)14/h2-6H,7H2,1H3,(H,18,19). The molecule has 0 spiro atoms. The van der Waals surface area contributed by atoms with Crippen molar-refractivity contribution in [1.29, 1.82) is 0 Å². The van der Waals surface area contributed by atoms with Crippen LogP contribution in [0.25, 0.3) is 0 Å². The summed E-state index contributed by atoms with van der Waals surface area (Å²) in [6.45, 7) is 2.24. The molecule has 1 aromatic heterocycles. The van der Waals surface area contributed by atoms with E-state index in [1.807, 2.05) is 25.1 Å². The van der Waals surface area contributed by atoms with Crippen LogP contribution in [0.3, 0.4) is 0 Å². The lowest BCUT2D eigenvalue weighted by Gasteiger charge is -2.07. The molecule has 0 saturated heterocycles. The first-order valence-electron chi connectivity index (χ1n) is 5.57. The third-order valence-corrected chi connectivity index (χ3v) is 3.80. The van der Waals surface area contributed by atoms with E-state index < -0.39 is 0 Å². The zero-order valence-electron chi connectivity index (χ0n) is 10.2. The van der Waals surface area contributed by atoms with Gasteiger partial charge in [-0.05, 0) is 63.6 Å². The number of nitrogens with zero attached hydrogens (tertiary/aromatic N) is 2. The molecule has 1 heterocycles. The molecular weight excluding hydrogens is 421 g/mol. The van der Waals surface area contributed by atoms with Gasteiger partial charge in [0.2, 0.25) is 0 Å². The fourth-order valence-electron chi connectivity index (χ4n) is 1.45. The summed E-state index contributed by atoms with van der Waals surface area (Å²) < 4.78 is 1.79. The molecule has 1 aromatic carbocycles. The van der Waals surface area contributed by atoms with Crippen molar-refractivity contribution < 1.29 is 4.79 Å². The van der Waals surface area contributed by atoms with E-state index in [9.17, 15) is 4.79 Å². The van der Waals surface area contributed by atoms with Crippen molar-refractivity contribution in [3.8, 4) is 0 Å². The third kappa shape index (κ3) is 3.97. The maximum absolute atomic E-state index is 12.1. The fraction of sp³-hybridized carbons (Fsp3) is 0.154. The maximum atomic E-state index is 12.1. The summed E-state index contributed by atoms with van der Waals surface area (Å²) in [7, 11) is 0. The number of halogens is 2. The van der Waals surface area contributed by atoms with Gasteiger partial charge in [-0.3, -0.25) is 14.8 Å². The Kier molecular flexibility index (Phi) is 4.87. The largest absolute Gasteiger partial charge is 0.346 e. The molecule has 2 rings (SSSR count). The lowest BCUT2D eigenvalue weighted by atomic mass is 10.2. The van der Waals surface area contributed by atoms with Gasteiger partial charge in [0.25, 0.3) is 5.91 Å². The SMILES string of the molecule is Cc1cnc(CNC(=O)c2cc(I)ccc2Br)cn1. The molecule has 0 aliphatic rings. The van der Waals surface area contributed by atoms with Crippen molar-refractivity contribution in [1.82, 2.24) is 15.3 Å². The first kappa shape index (κ1) is 14.4. The van der Waals surface area contributed by atoms with Gasteiger partial charge in [-0.1, -0.05) is 0 Å². The number of rotatable bonds is 3. The van der Waals surface area contributed by atoms with Crippen molar-refractivity contribution in [2.45, 2.75) is 13.5 Å². The molecule has 6 heteroatoms. The van der Waals surface area contributed by atoms with E-state index in [0.717, 1.165) is 19.4 Å². The Morgan fingerprint density at radius 2 is 2.16 bits per heavy atom. The number of amides is 1. The number of benzene rings is 1. The minimum Gasteiger partial charge on any atom is -0.346 e. The molecule has 0 atom stereocenters. The van der Waals surface area contributed by atoms with Gasteiger partial charge >= 0.3 is 0 Å². The highest BCUT2D eigenvalue weighted by Gasteiger charge is 2.10. The van der Waals surface area contributed by atoms with Crippen molar-refractivity contribution in [2.75, 3.05) is 0 Å². The van der Waals surface area contributed by atoms with Crippen molar-refractivity contribution in [2.24, 2.45) is 0 Å². The summed E-state index contributed by atoms with van der Waals surface area (Å²) in [6, 6.07) is 5.63. The Morgan fingerprint density at radius 1 is 1.37 bits per heavy atom. The summed E-state index contributed by atoms with van der Waals surface area (Å²) in [5, 5.41) is 2.83. The fourth-order valence-corrected chi connectivity index (χ4v) is 2.37. The van der Waals surface area contributed by atoms with Gasteiger partial charge < -0.3 is 5.32 Å². The van der Waals surface area contributed by atoms with E-state index in [4.69, 9.17) is 0 Å². The van der Waals surface area contributed by atoms with Crippen LogP contribution in [0, 0.1) is 10.5 Å². The Labute approximate surface area is 133 Å². The van der Waals surface area contributed by atoms with Crippen LogP contribution in [0.5, 0.6) is 0 Å². The van der Waals surface area contributed by atoms with Crippen LogP contribution in [-0.4, -0.2) is 15.9 Å². The first-order chi connectivity index (χ1) is 9.06. The molecule has 0 aliphatic carbocycles. The van der Waals surface area contributed by atoms with Crippen molar-refractivity contribution >= 4 is 44.4 Å². The van der Waals surface area contributed by atoms with Crippen molar-refractivity contribution in [3.63, 3.8) is 0 Å². The second kappa shape index (κ2) is 6.42. The van der Waals surface area contributed by atoms with E-state index in [0.29, 0.717) is 12.1 Å². The van der Waals surface area contributed by atoms with Gasteiger partial charge in [0.1, 0.15) is 0 Å². The molecule has 0 aliphatic heterocycles. The number of carbonyl (C=O) groups excluding carboxylic acids is 1. The maximum Gasteiger partial charge on any atom is 0.252 e. The van der Waals surface area contributed by atoms with E-state index in [1.54, 1.807) is 12.4 Å². The Bertz CT molecular complexity index is 601. The highest BCUT2D eigenvalue weighted by atomic mass is 127. The molecule has 98 valence electrons. The average Bonchev–Trinajstić information content (AvgIpc) is 2.40. The molecule has 1 amide bonds. The predicted molar refractivity (Wildman–Crippen MR) is 84.8 cm³/mol. The molecule has 0 radical (unpaired) electrons. The van der Waals surface area contributed by atoms with Crippen LogP contribution in [0.15, 0.2) is 35.1 Å². The van der Waals surface area contributed by atoms with E-state index >= 15 is 0 Å². The first-order valence-corrected chi connectivity index (χ1v) is 7.44. The number of aromatic nitrogens is 2. The third-order valence-electron chi connectivity index (χ3n) is 2.44. The van der Waals surface area contributed by atoms with Gasteiger partial charge in [0.05, 0.1) is 29.7 Å². The quantitative estimate of drug-likeness (QED) is 0.760. The van der Waals surface area contributed by atoms with E-state index in [1.165, 1.54) is 0 Å². The summed E-state index contributed by atoms with van der Waals surface area (Å²) in [4.78, 5) is 20.4. The topological polar surface area (TPSA) is 54.9 Å². The zero-order valence-corrected chi connectivity index (χ0v) is 13.9. The minimum absolute atomic E-state index is 0.132.